The molecular formula is C22H25FN6O2. The van der Waals surface area contributed by atoms with Gasteiger partial charge in [0.25, 0.3) is 0 Å². The highest BCUT2D eigenvalue weighted by molar-refractivity contribution is 5.81. The number of nitrogens with zero attached hydrogens (tertiary/aromatic N) is 4. The molecular weight excluding hydrogens is 399 g/mol. The molecule has 3 aromatic rings. The summed E-state index contributed by atoms with van der Waals surface area (Å²) in [6.45, 7) is 6.65. The molecule has 0 radical (unpaired) electrons. The summed E-state index contributed by atoms with van der Waals surface area (Å²) in [5.74, 6) is -0.110. The minimum Gasteiger partial charge on any atom is -0.443 e. The minimum atomic E-state index is -0.568. The van der Waals surface area contributed by atoms with E-state index in [1.807, 2.05) is 37.9 Å². The van der Waals surface area contributed by atoms with Crippen molar-refractivity contribution >= 4 is 23.1 Å². The van der Waals surface area contributed by atoms with E-state index in [4.69, 9.17) is 15.5 Å². The Hall–Kier alpha value is -3.33. The fraction of sp³-hybridized carbons (Fsp3) is 0.364. The molecule has 1 amide bonds. The zero-order chi connectivity index (χ0) is 22.2. The maximum atomic E-state index is 13.3. The van der Waals surface area contributed by atoms with Gasteiger partial charge in [0.1, 0.15) is 16.9 Å². The second-order valence-corrected chi connectivity index (χ2v) is 8.58. The van der Waals surface area contributed by atoms with Crippen LogP contribution in [0.2, 0.25) is 0 Å². The fourth-order valence-electron chi connectivity index (χ4n) is 3.64. The van der Waals surface area contributed by atoms with E-state index >= 15 is 0 Å². The number of amides is 1. The molecule has 1 aliphatic rings. The lowest BCUT2D eigenvalue weighted by molar-refractivity contribution is 0.0364. The Bertz CT molecular complexity index is 1110. The third-order valence-corrected chi connectivity index (χ3v) is 4.95. The van der Waals surface area contributed by atoms with Gasteiger partial charge in [-0.15, -0.1) is 0 Å². The molecule has 1 fully saturated rings. The molecule has 3 N–H and O–H groups in total. The van der Waals surface area contributed by atoms with E-state index < -0.39 is 11.7 Å². The lowest BCUT2D eigenvalue weighted by atomic mass is 10.0. The van der Waals surface area contributed by atoms with E-state index in [9.17, 15) is 9.18 Å². The maximum Gasteiger partial charge on any atom is 0.422 e. The first-order chi connectivity index (χ1) is 14.7. The predicted molar refractivity (Wildman–Crippen MR) is 115 cm³/mol. The summed E-state index contributed by atoms with van der Waals surface area (Å²) in [4.78, 5) is 25.6. The third kappa shape index (κ3) is 4.88. The molecule has 0 spiro atoms. The number of fused-ring (bicyclic) bond motifs is 1. The Morgan fingerprint density at radius 2 is 1.90 bits per heavy atom. The van der Waals surface area contributed by atoms with E-state index in [1.54, 1.807) is 12.1 Å². The molecule has 2 aromatic heterocycles. The molecule has 0 saturated carbocycles. The summed E-state index contributed by atoms with van der Waals surface area (Å²) >= 11 is 0. The van der Waals surface area contributed by atoms with E-state index in [0.717, 1.165) is 17.7 Å². The van der Waals surface area contributed by atoms with Gasteiger partial charge in [-0.05, 0) is 63.6 Å². The molecule has 1 atom stereocenters. The zero-order valence-electron chi connectivity index (χ0n) is 17.7. The predicted octanol–water partition coefficient (Wildman–Crippen LogP) is 3.64. The van der Waals surface area contributed by atoms with Crippen LogP contribution in [0.4, 0.5) is 15.1 Å². The summed E-state index contributed by atoms with van der Waals surface area (Å²) in [5.41, 5.74) is 11.7. The van der Waals surface area contributed by atoms with Gasteiger partial charge in [-0.25, -0.2) is 29.1 Å². The number of nitrogens with one attached hydrogen (secondary N) is 1. The van der Waals surface area contributed by atoms with Crippen molar-refractivity contribution < 1.29 is 13.9 Å². The number of anilines is 1. The zero-order valence-corrected chi connectivity index (χ0v) is 17.7. The lowest BCUT2D eigenvalue weighted by Gasteiger charge is -2.23. The first kappa shape index (κ1) is 20.9. The maximum absolute atomic E-state index is 13.3. The van der Waals surface area contributed by atoms with Crippen molar-refractivity contribution in [2.45, 2.75) is 38.7 Å². The normalized spacial score (nSPS) is 17.1. The second kappa shape index (κ2) is 8.07. The molecule has 3 heterocycles. The van der Waals surface area contributed by atoms with Crippen molar-refractivity contribution in [1.82, 2.24) is 25.4 Å². The standard InChI is InChI=1S/C22H25FN6O2/c1-22(2,3)31-21(30)28-29-11-10-14(12-29)18-19-17(26-20(24)27-18)9-8-16(25-19)13-4-6-15(23)7-5-13/h4-9,14H,10-12H2,1-3H3,(H,28,30)(H2,24,26,27)/t14-/m0/s1. The summed E-state index contributed by atoms with van der Waals surface area (Å²) in [6, 6.07) is 9.84. The summed E-state index contributed by atoms with van der Waals surface area (Å²) in [6.07, 6.45) is 0.279. The average molecular weight is 424 g/mol. The van der Waals surface area contributed by atoms with E-state index in [0.29, 0.717) is 29.8 Å². The number of hydrazine groups is 1. The van der Waals surface area contributed by atoms with Gasteiger partial charge in [0, 0.05) is 24.6 Å². The molecule has 162 valence electrons. The number of hydrogen-bond acceptors (Lipinski definition) is 7. The van der Waals surface area contributed by atoms with E-state index in [2.05, 4.69) is 15.4 Å². The largest absolute Gasteiger partial charge is 0.443 e. The van der Waals surface area contributed by atoms with E-state index in [1.165, 1.54) is 12.1 Å². The number of hydrogen-bond donors (Lipinski definition) is 2. The minimum absolute atomic E-state index is 0.0127. The van der Waals surface area contributed by atoms with Crippen LogP contribution < -0.4 is 11.2 Å². The van der Waals surface area contributed by atoms with Gasteiger partial charge in [-0.1, -0.05) is 0 Å². The number of nitrogen functional groups attached to an aromatic ring is 1. The van der Waals surface area contributed by atoms with Crippen molar-refractivity contribution in [1.29, 1.82) is 0 Å². The monoisotopic (exact) mass is 424 g/mol. The number of carbonyl (C=O) groups is 1. The topological polar surface area (TPSA) is 106 Å². The molecule has 0 unspecified atom stereocenters. The van der Waals surface area contributed by atoms with Crippen LogP contribution in [-0.4, -0.2) is 44.7 Å². The fourth-order valence-corrected chi connectivity index (χ4v) is 3.64. The highest BCUT2D eigenvalue weighted by Crippen LogP contribution is 2.31. The number of aromatic nitrogens is 3. The molecule has 1 aliphatic heterocycles. The van der Waals surface area contributed by atoms with Crippen LogP contribution in [0, 0.1) is 5.82 Å². The quantitative estimate of drug-likeness (QED) is 0.661. The number of halogens is 1. The number of rotatable bonds is 3. The Morgan fingerprint density at radius 3 is 2.61 bits per heavy atom. The Morgan fingerprint density at radius 1 is 1.16 bits per heavy atom. The highest BCUT2D eigenvalue weighted by atomic mass is 19.1. The average Bonchev–Trinajstić information content (AvgIpc) is 3.14. The van der Waals surface area contributed by atoms with Gasteiger partial charge >= 0.3 is 6.09 Å². The van der Waals surface area contributed by atoms with Crippen molar-refractivity contribution in [3.05, 3.63) is 47.9 Å². The van der Waals surface area contributed by atoms with Gasteiger partial charge in [0.05, 0.1) is 16.9 Å². The highest BCUT2D eigenvalue weighted by Gasteiger charge is 2.29. The van der Waals surface area contributed by atoms with Crippen LogP contribution in [0.15, 0.2) is 36.4 Å². The van der Waals surface area contributed by atoms with Crippen LogP contribution in [0.5, 0.6) is 0 Å². The molecule has 0 bridgehead atoms. The number of benzene rings is 1. The van der Waals surface area contributed by atoms with Gasteiger partial charge in [0.15, 0.2) is 0 Å². The van der Waals surface area contributed by atoms with Crippen LogP contribution in [0.25, 0.3) is 22.3 Å². The molecule has 0 aliphatic carbocycles. The van der Waals surface area contributed by atoms with Crippen molar-refractivity contribution in [2.75, 3.05) is 18.8 Å². The summed E-state index contributed by atoms with van der Waals surface area (Å²) < 4.78 is 18.6. The number of pyridine rings is 1. The Labute approximate surface area is 179 Å². The number of ether oxygens (including phenoxy) is 1. The number of nitrogens with two attached hydrogens (primary N) is 1. The first-order valence-electron chi connectivity index (χ1n) is 10.1. The SMILES string of the molecule is CC(C)(C)OC(=O)NN1CC[C@H](c2nc(N)nc3ccc(-c4ccc(F)cc4)nc23)C1. The Kier molecular flexibility index (Phi) is 5.45. The van der Waals surface area contributed by atoms with Crippen molar-refractivity contribution in [3.63, 3.8) is 0 Å². The van der Waals surface area contributed by atoms with E-state index in [-0.39, 0.29) is 17.7 Å². The summed E-state index contributed by atoms with van der Waals surface area (Å²) in [7, 11) is 0. The Balaban J connectivity index is 1.60. The third-order valence-electron chi connectivity index (χ3n) is 4.95. The molecule has 1 saturated heterocycles. The van der Waals surface area contributed by atoms with Gasteiger partial charge < -0.3 is 10.5 Å². The van der Waals surface area contributed by atoms with Crippen LogP contribution >= 0.6 is 0 Å². The number of carbonyl (C=O) groups excluding carboxylic acids is 1. The van der Waals surface area contributed by atoms with Crippen LogP contribution in [0.3, 0.4) is 0 Å². The molecule has 9 heteroatoms. The molecule has 8 nitrogen and oxygen atoms in total. The summed E-state index contributed by atoms with van der Waals surface area (Å²) in [5, 5.41) is 1.81. The smallest absolute Gasteiger partial charge is 0.422 e. The molecule has 31 heavy (non-hydrogen) atoms. The van der Waals surface area contributed by atoms with Crippen LogP contribution in [-0.2, 0) is 4.74 Å². The molecule has 4 rings (SSSR count). The molecule has 1 aromatic carbocycles. The lowest BCUT2D eigenvalue weighted by Crippen LogP contribution is -2.43. The van der Waals surface area contributed by atoms with Crippen molar-refractivity contribution in [3.8, 4) is 11.3 Å². The van der Waals surface area contributed by atoms with Gasteiger partial charge in [-0.3, -0.25) is 5.43 Å². The first-order valence-corrected chi connectivity index (χ1v) is 10.1. The van der Waals surface area contributed by atoms with Crippen LogP contribution in [0.1, 0.15) is 38.8 Å². The van der Waals surface area contributed by atoms with Gasteiger partial charge in [-0.2, -0.15) is 0 Å². The second-order valence-electron chi connectivity index (χ2n) is 8.58. The van der Waals surface area contributed by atoms with Gasteiger partial charge in [0.2, 0.25) is 5.95 Å². The van der Waals surface area contributed by atoms with Crippen molar-refractivity contribution in [2.24, 2.45) is 0 Å².